The van der Waals surface area contributed by atoms with Gasteiger partial charge in [-0.15, -0.1) is 11.3 Å². The number of rotatable bonds is 5. The third kappa shape index (κ3) is 4.48. The topological polar surface area (TPSA) is 91.0 Å². The number of aromatic nitrogens is 3. The van der Waals surface area contributed by atoms with Crippen LogP contribution in [0.2, 0.25) is 0 Å². The first-order valence-corrected chi connectivity index (χ1v) is 10.8. The summed E-state index contributed by atoms with van der Waals surface area (Å²) in [5, 5.41) is 3.39. The quantitative estimate of drug-likeness (QED) is 0.669. The van der Waals surface area contributed by atoms with Crippen LogP contribution in [0.4, 0.5) is 5.13 Å². The number of para-hydroxylation sites is 2. The molecule has 2 amide bonds. The number of carbonyl (C=O) groups excluding carboxylic acids is 2. The van der Waals surface area contributed by atoms with Crippen molar-refractivity contribution < 1.29 is 9.59 Å². The number of nitrogens with zero attached hydrogens (tertiary/aromatic N) is 3. The number of likely N-dealkylation sites (tertiary alicyclic amines) is 1. The molecular weight excluding hydrogens is 386 g/mol. The van der Waals surface area contributed by atoms with E-state index >= 15 is 0 Å². The Morgan fingerprint density at radius 1 is 1.24 bits per heavy atom. The zero-order valence-electron chi connectivity index (χ0n) is 16.7. The molecule has 152 valence electrons. The van der Waals surface area contributed by atoms with Gasteiger partial charge in [0.25, 0.3) is 0 Å². The zero-order chi connectivity index (χ0) is 20.4. The second-order valence-corrected chi connectivity index (χ2v) is 8.73. The largest absolute Gasteiger partial charge is 0.342 e. The van der Waals surface area contributed by atoms with Crippen molar-refractivity contribution in [1.82, 2.24) is 19.9 Å². The van der Waals surface area contributed by atoms with Gasteiger partial charge in [0.1, 0.15) is 5.82 Å². The Hall–Kier alpha value is -2.74. The molecule has 3 aromatic rings. The number of hydrogen-bond acceptors (Lipinski definition) is 5. The summed E-state index contributed by atoms with van der Waals surface area (Å²) in [5.74, 6) is 0.997. The molecule has 8 heteroatoms. The molecule has 1 saturated heterocycles. The molecule has 1 atom stereocenters. The van der Waals surface area contributed by atoms with E-state index in [0.717, 1.165) is 46.8 Å². The van der Waals surface area contributed by atoms with Crippen molar-refractivity contribution in [3.63, 3.8) is 0 Å². The number of aryl methyl sites for hydroxylation is 2. The molecule has 3 heterocycles. The smallest absolute Gasteiger partial charge is 0.226 e. The summed E-state index contributed by atoms with van der Waals surface area (Å²) in [7, 11) is 0. The van der Waals surface area contributed by atoms with Gasteiger partial charge in [0.05, 0.1) is 16.7 Å². The van der Waals surface area contributed by atoms with Crippen molar-refractivity contribution in [2.45, 2.75) is 45.4 Å². The van der Waals surface area contributed by atoms with E-state index in [0.29, 0.717) is 11.7 Å². The molecule has 1 aromatic carbocycles. The Balaban J connectivity index is 1.31. The monoisotopic (exact) mass is 411 g/mol. The maximum absolute atomic E-state index is 12.7. The Kier molecular flexibility index (Phi) is 5.62. The molecule has 0 aliphatic carbocycles. The standard InChI is InChI=1S/C21H25N5O2S/c1-13-14(2)29-21(22-13)25-18(27)9-10-19(28)26-11-5-6-15(12-26)20-23-16-7-3-4-8-17(16)24-20/h3-4,7-8,15H,5-6,9-12H2,1-2H3,(H,23,24)(H,22,25,27)/t15-/m0/s1. The molecule has 2 aromatic heterocycles. The first-order chi connectivity index (χ1) is 14.0. The molecule has 1 aliphatic rings. The van der Waals surface area contributed by atoms with Gasteiger partial charge < -0.3 is 15.2 Å². The van der Waals surface area contributed by atoms with Crippen LogP contribution in [0.3, 0.4) is 0 Å². The fourth-order valence-corrected chi connectivity index (χ4v) is 4.51. The van der Waals surface area contributed by atoms with Crippen molar-refractivity contribution in [1.29, 1.82) is 0 Å². The van der Waals surface area contributed by atoms with Crippen LogP contribution in [0.15, 0.2) is 24.3 Å². The maximum atomic E-state index is 12.7. The lowest BCUT2D eigenvalue weighted by molar-refractivity contribution is -0.134. The van der Waals surface area contributed by atoms with E-state index in [4.69, 9.17) is 4.98 Å². The Labute approximate surface area is 173 Å². The highest BCUT2D eigenvalue weighted by Crippen LogP contribution is 2.27. The van der Waals surface area contributed by atoms with E-state index in [1.54, 1.807) is 0 Å². The van der Waals surface area contributed by atoms with Crippen LogP contribution < -0.4 is 5.32 Å². The lowest BCUT2D eigenvalue weighted by Gasteiger charge is -2.32. The molecule has 1 aliphatic heterocycles. The van der Waals surface area contributed by atoms with E-state index in [1.165, 1.54) is 11.3 Å². The molecule has 0 bridgehead atoms. The number of piperidine rings is 1. The number of thiazole rings is 1. The summed E-state index contributed by atoms with van der Waals surface area (Å²) in [4.78, 5) is 40.2. The number of H-pyrrole nitrogens is 1. The van der Waals surface area contributed by atoms with Gasteiger partial charge in [-0.05, 0) is 38.8 Å². The molecule has 7 nitrogen and oxygen atoms in total. The normalized spacial score (nSPS) is 16.9. The lowest BCUT2D eigenvalue weighted by atomic mass is 9.97. The van der Waals surface area contributed by atoms with E-state index in [2.05, 4.69) is 15.3 Å². The van der Waals surface area contributed by atoms with Gasteiger partial charge in [0, 0.05) is 36.7 Å². The number of amides is 2. The summed E-state index contributed by atoms with van der Waals surface area (Å²) in [6.07, 6.45) is 2.33. The number of nitrogens with one attached hydrogen (secondary N) is 2. The van der Waals surface area contributed by atoms with Gasteiger partial charge in [0.2, 0.25) is 11.8 Å². The van der Waals surface area contributed by atoms with E-state index in [1.807, 2.05) is 43.0 Å². The molecule has 0 unspecified atom stereocenters. The van der Waals surface area contributed by atoms with E-state index in [-0.39, 0.29) is 30.6 Å². The Morgan fingerprint density at radius 3 is 2.83 bits per heavy atom. The molecule has 0 radical (unpaired) electrons. The lowest BCUT2D eigenvalue weighted by Crippen LogP contribution is -2.39. The van der Waals surface area contributed by atoms with Crippen molar-refractivity contribution in [2.75, 3.05) is 18.4 Å². The summed E-state index contributed by atoms with van der Waals surface area (Å²) < 4.78 is 0. The first kappa shape index (κ1) is 19.6. The van der Waals surface area contributed by atoms with E-state index < -0.39 is 0 Å². The number of fused-ring (bicyclic) bond motifs is 1. The minimum absolute atomic E-state index is 0.0208. The summed E-state index contributed by atoms with van der Waals surface area (Å²) in [5.41, 5.74) is 2.90. The predicted molar refractivity (Wildman–Crippen MR) is 114 cm³/mol. The van der Waals surface area contributed by atoms with Gasteiger partial charge in [-0.3, -0.25) is 9.59 Å². The van der Waals surface area contributed by atoms with Gasteiger partial charge in [-0.2, -0.15) is 0 Å². The van der Waals surface area contributed by atoms with Gasteiger partial charge in [-0.25, -0.2) is 9.97 Å². The van der Waals surface area contributed by atoms with Crippen molar-refractivity contribution in [3.05, 3.63) is 40.7 Å². The third-order valence-corrected chi connectivity index (χ3v) is 6.40. The average molecular weight is 412 g/mol. The van der Waals surface area contributed by atoms with Crippen LogP contribution in [-0.4, -0.2) is 44.8 Å². The molecule has 1 fully saturated rings. The number of anilines is 1. The van der Waals surface area contributed by atoms with Gasteiger partial charge in [-0.1, -0.05) is 12.1 Å². The molecular formula is C21H25N5O2S. The Morgan fingerprint density at radius 2 is 2.07 bits per heavy atom. The molecule has 4 rings (SSSR count). The molecule has 0 saturated carbocycles. The van der Waals surface area contributed by atoms with Crippen LogP contribution >= 0.6 is 11.3 Å². The van der Waals surface area contributed by atoms with Crippen molar-refractivity contribution >= 4 is 39.3 Å². The predicted octanol–water partition coefficient (Wildman–Crippen LogP) is 3.76. The van der Waals surface area contributed by atoms with Crippen LogP contribution in [0.1, 0.15) is 48.0 Å². The highest BCUT2D eigenvalue weighted by Gasteiger charge is 2.27. The number of aromatic amines is 1. The van der Waals surface area contributed by atoms with Crippen molar-refractivity contribution in [3.8, 4) is 0 Å². The maximum Gasteiger partial charge on any atom is 0.226 e. The number of hydrogen-bond donors (Lipinski definition) is 2. The molecule has 2 N–H and O–H groups in total. The van der Waals surface area contributed by atoms with E-state index in [9.17, 15) is 9.59 Å². The fourth-order valence-electron chi connectivity index (χ4n) is 3.68. The summed E-state index contributed by atoms with van der Waals surface area (Å²) in [6, 6.07) is 7.97. The zero-order valence-corrected chi connectivity index (χ0v) is 17.5. The number of carbonyl (C=O) groups is 2. The van der Waals surface area contributed by atoms with Gasteiger partial charge in [0.15, 0.2) is 5.13 Å². The second kappa shape index (κ2) is 8.32. The van der Waals surface area contributed by atoms with Crippen LogP contribution in [-0.2, 0) is 9.59 Å². The van der Waals surface area contributed by atoms with Crippen LogP contribution in [0.25, 0.3) is 11.0 Å². The summed E-state index contributed by atoms with van der Waals surface area (Å²) >= 11 is 1.46. The Bertz CT molecular complexity index is 988. The SMILES string of the molecule is Cc1nc(NC(=O)CCC(=O)N2CCC[C@H](c3nc4ccccc4[nH]3)C2)sc1C. The molecule has 0 spiro atoms. The first-order valence-electron chi connectivity index (χ1n) is 9.96. The van der Waals surface area contributed by atoms with Crippen LogP contribution in [0.5, 0.6) is 0 Å². The summed E-state index contributed by atoms with van der Waals surface area (Å²) in [6.45, 7) is 5.27. The number of imidazole rings is 1. The molecule has 29 heavy (non-hydrogen) atoms. The third-order valence-electron chi connectivity index (χ3n) is 5.41. The second-order valence-electron chi connectivity index (χ2n) is 7.53. The minimum atomic E-state index is -0.169. The van der Waals surface area contributed by atoms with Crippen molar-refractivity contribution in [2.24, 2.45) is 0 Å². The number of benzene rings is 1. The fraction of sp³-hybridized carbons (Fsp3) is 0.429. The van der Waals surface area contributed by atoms with Crippen LogP contribution in [0, 0.1) is 13.8 Å². The average Bonchev–Trinajstić information content (AvgIpc) is 3.29. The highest BCUT2D eigenvalue weighted by molar-refractivity contribution is 7.15. The highest BCUT2D eigenvalue weighted by atomic mass is 32.1. The van der Waals surface area contributed by atoms with Gasteiger partial charge >= 0.3 is 0 Å². The minimum Gasteiger partial charge on any atom is -0.342 e.